The van der Waals surface area contributed by atoms with Crippen molar-refractivity contribution in [3.8, 4) is 0 Å². The zero-order chi connectivity index (χ0) is 24.2. The van der Waals surface area contributed by atoms with Crippen LogP contribution in [0, 0.1) is 13.8 Å². The molecule has 0 radical (unpaired) electrons. The molecule has 0 saturated heterocycles. The lowest BCUT2D eigenvalue weighted by atomic mass is 10.1. The first-order chi connectivity index (χ1) is 16.5. The van der Waals surface area contributed by atoms with Crippen molar-refractivity contribution >= 4 is 24.1 Å². The van der Waals surface area contributed by atoms with Crippen LogP contribution in [0.5, 0.6) is 0 Å². The second kappa shape index (κ2) is 12.6. The Hall–Kier alpha value is -4.44. The van der Waals surface area contributed by atoms with Gasteiger partial charge in [-0.2, -0.15) is 0 Å². The quantitative estimate of drug-likeness (QED) is 0.209. The highest BCUT2D eigenvalue weighted by Crippen LogP contribution is 2.13. The van der Waals surface area contributed by atoms with E-state index >= 15 is 0 Å². The number of esters is 2. The highest BCUT2D eigenvalue weighted by Gasteiger charge is 2.17. The lowest BCUT2D eigenvalue weighted by Gasteiger charge is -2.05. The second-order valence-electron chi connectivity index (χ2n) is 7.55. The van der Waals surface area contributed by atoms with Crippen molar-refractivity contribution in [2.75, 3.05) is 0 Å². The summed E-state index contributed by atoms with van der Waals surface area (Å²) in [5.74, 6) is -1.29. The predicted molar refractivity (Wildman–Crippen MR) is 136 cm³/mol. The summed E-state index contributed by atoms with van der Waals surface area (Å²) in [6.45, 7) is 4.06. The maximum absolute atomic E-state index is 12.5. The van der Waals surface area contributed by atoms with Crippen LogP contribution in [0.1, 0.15) is 43.0 Å². The number of ether oxygens (including phenoxy) is 2. The molecule has 34 heavy (non-hydrogen) atoms. The number of hydrogen-bond acceptors (Lipinski definition) is 4. The SMILES string of the molecule is Cc1ccc(C=CC=COC(=O)c2ccccc2C(=O)OC=CC=Cc2ccc(C)cc2)cc1. The summed E-state index contributed by atoms with van der Waals surface area (Å²) >= 11 is 0. The van der Waals surface area contributed by atoms with Crippen molar-refractivity contribution in [3.63, 3.8) is 0 Å². The van der Waals surface area contributed by atoms with Gasteiger partial charge >= 0.3 is 11.9 Å². The Morgan fingerprint density at radius 2 is 0.941 bits per heavy atom. The van der Waals surface area contributed by atoms with E-state index in [0.29, 0.717) is 0 Å². The van der Waals surface area contributed by atoms with Crippen molar-refractivity contribution in [1.82, 2.24) is 0 Å². The first-order valence-electron chi connectivity index (χ1n) is 10.8. The standard InChI is InChI=1S/C30H26O4/c1-23-13-17-25(18-14-23)9-5-7-21-33-29(31)27-11-3-4-12-28(27)30(32)34-22-8-6-10-26-19-15-24(2)16-20-26/h3-22H,1-2H3. The lowest BCUT2D eigenvalue weighted by Crippen LogP contribution is -2.10. The van der Waals surface area contributed by atoms with E-state index in [4.69, 9.17) is 9.47 Å². The third-order valence-electron chi connectivity index (χ3n) is 4.83. The molecular formula is C30H26O4. The van der Waals surface area contributed by atoms with Crippen molar-refractivity contribution in [2.24, 2.45) is 0 Å². The summed E-state index contributed by atoms with van der Waals surface area (Å²) in [5, 5.41) is 0. The van der Waals surface area contributed by atoms with E-state index in [-0.39, 0.29) is 11.1 Å². The van der Waals surface area contributed by atoms with Gasteiger partial charge in [-0.1, -0.05) is 96.1 Å². The topological polar surface area (TPSA) is 52.6 Å². The van der Waals surface area contributed by atoms with Crippen LogP contribution in [0.2, 0.25) is 0 Å². The minimum Gasteiger partial charge on any atom is -0.431 e. The number of rotatable bonds is 8. The zero-order valence-corrected chi connectivity index (χ0v) is 19.2. The predicted octanol–water partition coefficient (Wildman–Crippen LogP) is 7.07. The van der Waals surface area contributed by atoms with Gasteiger partial charge in [-0.05, 0) is 49.3 Å². The van der Waals surface area contributed by atoms with Gasteiger partial charge in [0.15, 0.2) is 0 Å². The molecule has 0 aliphatic carbocycles. The third-order valence-corrected chi connectivity index (χ3v) is 4.83. The first kappa shape index (κ1) is 24.2. The highest BCUT2D eigenvalue weighted by molar-refractivity contribution is 6.03. The molecule has 3 aromatic carbocycles. The highest BCUT2D eigenvalue weighted by atomic mass is 16.5. The lowest BCUT2D eigenvalue weighted by molar-refractivity contribution is 0.0618. The minimum absolute atomic E-state index is 0.128. The van der Waals surface area contributed by atoms with Gasteiger partial charge in [-0.25, -0.2) is 9.59 Å². The Morgan fingerprint density at radius 3 is 1.32 bits per heavy atom. The zero-order valence-electron chi connectivity index (χ0n) is 19.2. The van der Waals surface area contributed by atoms with E-state index in [1.165, 1.54) is 35.8 Å². The van der Waals surface area contributed by atoms with E-state index in [1.54, 1.807) is 36.4 Å². The molecule has 0 spiro atoms. The molecule has 0 aliphatic heterocycles. The Balaban J connectivity index is 1.55. The maximum atomic E-state index is 12.5. The van der Waals surface area contributed by atoms with E-state index in [0.717, 1.165) is 11.1 Å². The molecule has 0 N–H and O–H groups in total. The fraction of sp³-hybridized carbons (Fsp3) is 0.0667. The number of carbonyl (C=O) groups excluding carboxylic acids is 2. The maximum Gasteiger partial charge on any atom is 0.343 e. The third kappa shape index (κ3) is 7.61. The molecule has 0 heterocycles. The number of carbonyl (C=O) groups is 2. The average molecular weight is 451 g/mol. The Morgan fingerprint density at radius 1 is 0.559 bits per heavy atom. The molecule has 0 aromatic heterocycles. The molecule has 170 valence electrons. The molecule has 0 unspecified atom stereocenters. The summed E-state index contributed by atoms with van der Waals surface area (Å²) in [5.41, 5.74) is 4.71. The van der Waals surface area contributed by atoms with Crippen molar-refractivity contribution in [3.05, 3.63) is 143 Å². The molecule has 4 nitrogen and oxygen atoms in total. The average Bonchev–Trinajstić information content (AvgIpc) is 2.85. The van der Waals surface area contributed by atoms with Crippen molar-refractivity contribution in [2.45, 2.75) is 13.8 Å². The van der Waals surface area contributed by atoms with Crippen LogP contribution in [0.3, 0.4) is 0 Å². The summed E-state index contributed by atoms with van der Waals surface area (Å²) < 4.78 is 10.3. The van der Waals surface area contributed by atoms with Crippen LogP contribution in [0.4, 0.5) is 0 Å². The van der Waals surface area contributed by atoms with Crippen LogP contribution >= 0.6 is 0 Å². The first-order valence-corrected chi connectivity index (χ1v) is 10.8. The second-order valence-corrected chi connectivity index (χ2v) is 7.55. The van der Waals surface area contributed by atoms with Crippen molar-refractivity contribution < 1.29 is 19.1 Å². The smallest absolute Gasteiger partial charge is 0.343 e. The summed E-state index contributed by atoms with van der Waals surface area (Å²) in [6, 6.07) is 22.5. The van der Waals surface area contributed by atoms with Crippen LogP contribution < -0.4 is 0 Å². The normalized spacial score (nSPS) is 11.6. The Labute approximate surface area is 200 Å². The summed E-state index contributed by atoms with van der Waals surface area (Å²) in [7, 11) is 0. The van der Waals surface area contributed by atoms with Crippen molar-refractivity contribution in [1.29, 1.82) is 0 Å². The Kier molecular flexibility index (Phi) is 8.94. The van der Waals surface area contributed by atoms with Gasteiger partial charge < -0.3 is 9.47 Å². The fourth-order valence-corrected chi connectivity index (χ4v) is 2.95. The molecule has 4 heteroatoms. The van der Waals surface area contributed by atoms with Gasteiger partial charge in [-0.3, -0.25) is 0 Å². The van der Waals surface area contributed by atoms with Crippen LogP contribution in [-0.2, 0) is 9.47 Å². The molecule has 3 aromatic rings. The van der Waals surface area contributed by atoms with Crippen LogP contribution in [0.25, 0.3) is 12.2 Å². The molecule has 0 amide bonds. The minimum atomic E-state index is -0.643. The largest absolute Gasteiger partial charge is 0.431 e. The molecule has 0 aliphatic rings. The molecular weight excluding hydrogens is 424 g/mol. The summed E-state index contributed by atoms with van der Waals surface area (Å²) in [6.07, 6.45) is 13.1. The van der Waals surface area contributed by atoms with Crippen LogP contribution in [0.15, 0.2) is 110 Å². The Bertz CT molecular complexity index is 1130. The van der Waals surface area contributed by atoms with E-state index in [2.05, 4.69) is 0 Å². The van der Waals surface area contributed by atoms with E-state index in [1.807, 2.05) is 74.5 Å². The monoisotopic (exact) mass is 450 g/mol. The fourth-order valence-electron chi connectivity index (χ4n) is 2.95. The summed E-state index contributed by atoms with van der Waals surface area (Å²) in [4.78, 5) is 24.9. The number of aryl methyl sites for hydroxylation is 2. The van der Waals surface area contributed by atoms with Gasteiger partial charge in [0.05, 0.1) is 23.7 Å². The van der Waals surface area contributed by atoms with E-state index in [9.17, 15) is 9.59 Å². The van der Waals surface area contributed by atoms with Gasteiger partial charge in [0.1, 0.15) is 0 Å². The number of benzene rings is 3. The van der Waals surface area contributed by atoms with Gasteiger partial charge in [-0.15, -0.1) is 0 Å². The molecule has 0 bridgehead atoms. The van der Waals surface area contributed by atoms with E-state index < -0.39 is 11.9 Å². The number of allylic oxidation sites excluding steroid dienone is 4. The van der Waals surface area contributed by atoms with Crippen LogP contribution in [-0.4, -0.2) is 11.9 Å². The van der Waals surface area contributed by atoms with Gasteiger partial charge in [0.2, 0.25) is 0 Å². The molecule has 0 atom stereocenters. The number of hydrogen-bond donors (Lipinski definition) is 0. The molecule has 0 fully saturated rings. The van der Waals surface area contributed by atoms with Gasteiger partial charge in [0, 0.05) is 0 Å². The molecule has 0 saturated carbocycles. The molecule has 3 rings (SSSR count). The van der Waals surface area contributed by atoms with Gasteiger partial charge in [0.25, 0.3) is 0 Å².